The van der Waals surface area contributed by atoms with E-state index in [4.69, 9.17) is 19.4 Å². The van der Waals surface area contributed by atoms with Crippen molar-refractivity contribution in [2.24, 2.45) is 0 Å². The lowest BCUT2D eigenvalue weighted by Crippen LogP contribution is -1.96. The zero-order valence-electron chi connectivity index (χ0n) is 34.1. The number of para-hydroxylation sites is 2. The topological polar surface area (TPSA) is 51.8 Å². The van der Waals surface area contributed by atoms with Crippen molar-refractivity contribution in [1.82, 2.24) is 15.0 Å². The minimum atomic E-state index is 0.671. The van der Waals surface area contributed by atoms with Crippen molar-refractivity contribution < 1.29 is 4.42 Å². The van der Waals surface area contributed by atoms with E-state index < -0.39 is 0 Å². The highest BCUT2D eigenvalue weighted by molar-refractivity contribution is 6.27. The highest BCUT2D eigenvalue weighted by Crippen LogP contribution is 2.47. The van der Waals surface area contributed by atoms with Gasteiger partial charge in [-0.1, -0.05) is 188 Å². The zero-order chi connectivity index (χ0) is 41.7. The third-order valence-electron chi connectivity index (χ3n) is 12.1. The van der Waals surface area contributed by atoms with Crippen LogP contribution in [-0.4, -0.2) is 15.0 Å². The summed E-state index contributed by atoms with van der Waals surface area (Å²) in [6.07, 6.45) is 0. The Morgan fingerprint density at radius 3 is 1.51 bits per heavy atom. The van der Waals surface area contributed by atoms with E-state index in [0.717, 1.165) is 105 Å². The number of aromatic nitrogens is 3. The van der Waals surface area contributed by atoms with Gasteiger partial charge in [-0.15, -0.1) is 0 Å². The summed E-state index contributed by atoms with van der Waals surface area (Å²) in [7, 11) is 0. The Kier molecular flexibility index (Phi) is 8.79. The largest absolute Gasteiger partial charge is 0.456 e. The maximum atomic E-state index is 6.67. The third-order valence-corrected chi connectivity index (χ3v) is 12.1. The maximum absolute atomic E-state index is 6.67. The molecular formula is C59H37N3O. The smallest absolute Gasteiger partial charge is 0.160 e. The van der Waals surface area contributed by atoms with Crippen LogP contribution in [0, 0.1) is 0 Å². The van der Waals surface area contributed by atoms with Crippen LogP contribution in [0.4, 0.5) is 0 Å². The van der Waals surface area contributed by atoms with Gasteiger partial charge in [0.25, 0.3) is 0 Å². The fraction of sp³-hybridized carbons (Fsp3) is 0. The number of hydrogen-bond acceptors (Lipinski definition) is 4. The van der Waals surface area contributed by atoms with Crippen molar-refractivity contribution in [3.63, 3.8) is 0 Å². The van der Waals surface area contributed by atoms with E-state index in [1.165, 1.54) is 11.1 Å². The van der Waals surface area contributed by atoms with Gasteiger partial charge in [-0.05, 0) is 64.2 Å². The summed E-state index contributed by atoms with van der Waals surface area (Å²) in [6, 6.07) is 78.5. The second kappa shape index (κ2) is 15.2. The van der Waals surface area contributed by atoms with E-state index in [-0.39, 0.29) is 0 Å². The standard InChI is InChI=1S/C59H37N3O/c1-4-16-38(17-5-1)39-30-32-41(33-31-39)52-37-51(40-18-6-2-7-19-40)61-59(62-52)46-25-15-23-44(35-46)43-22-14-24-45(34-43)55-56-47-26-10-12-28-50(47)60-58(42-20-8-3-9-21-42)49(56)36-54-57(55)48-27-11-13-29-53(48)63-54/h1-37H. The van der Waals surface area contributed by atoms with Gasteiger partial charge in [0.2, 0.25) is 0 Å². The van der Waals surface area contributed by atoms with Crippen LogP contribution in [0.1, 0.15) is 0 Å². The first-order valence-electron chi connectivity index (χ1n) is 21.3. The van der Waals surface area contributed by atoms with Crippen LogP contribution < -0.4 is 0 Å². The van der Waals surface area contributed by atoms with Crippen molar-refractivity contribution in [2.75, 3.05) is 0 Å². The molecule has 0 aliphatic carbocycles. The summed E-state index contributed by atoms with van der Waals surface area (Å²) in [5.74, 6) is 0.671. The van der Waals surface area contributed by atoms with Crippen LogP contribution >= 0.6 is 0 Å². The Balaban J connectivity index is 1.03. The lowest BCUT2D eigenvalue weighted by Gasteiger charge is -2.16. The quantitative estimate of drug-likeness (QED) is 0.151. The number of hydrogen-bond donors (Lipinski definition) is 0. The van der Waals surface area contributed by atoms with Crippen molar-refractivity contribution in [2.45, 2.75) is 0 Å². The average molecular weight is 804 g/mol. The maximum Gasteiger partial charge on any atom is 0.160 e. The molecule has 0 aliphatic heterocycles. The molecule has 294 valence electrons. The second-order valence-corrected chi connectivity index (χ2v) is 15.9. The van der Waals surface area contributed by atoms with Crippen LogP contribution in [0.5, 0.6) is 0 Å². The Morgan fingerprint density at radius 2 is 0.794 bits per heavy atom. The summed E-state index contributed by atoms with van der Waals surface area (Å²) in [4.78, 5) is 15.7. The van der Waals surface area contributed by atoms with Gasteiger partial charge < -0.3 is 4.42 Å². The Morgan fingerprint density at radius 1 is 0.286 bits per heavy atom. The lowest BCUT2D eigenvalue weighted by atomic mass is 9.88. The van der Waals surface area contributed by atoms with Crippen LogP contribution in [0.3, 0.4) is 0 Å². The molecular weight excluding hydrogens is 767 g/mol. The molecule has 3 heterocycles. The summed E-state index contributed by atoms with van der Waals surface area (Å²) in [5, 5.41) is 5.48. The van der Waals surface area contributed by atoms with Gasteiger partial charge in [0.15, 0.2) is 5.82 Å². The van der Waals surface area contributed by atoms with E-state index in [0.29, 0.717) is 5.82 Å². The molecule has 12 rings (SSSR count). The molecule has 0 fully saturated rings. The summed E-state index contributed by atoms with van der Waals surface area (Å²) >= 11 is 0. The molecule has 0 radical (unpaired) electrons. The van der Waals surface area contributed by atoms with E-state index >= 15 is 0 Å². The summed E-state index contributed by atoms with van der Waals surface area (Å²) < 4.78 is 6.67. The Bertz CT molecular complexity index is 3650. The van der Waals surface area contributed by atoms with Gasteiger partial charge in [0.1, 0.15) is 11.2 Å². The summed E-state index contributed by atoms with van der Waals surface area (Å²) in [5.41, 5.74) is 16.1. The first kappa shape index (κ1) is 36.4. The number of pyridine rings is 1. The highest BCUT2D eigenvalue weighted by atomic mass is 16.3. The molecule has 0 spiro atoms. The van der Waals surface area contributed by atoms with Crippen LogP contribution in [0.2, 0.25) is 0 Å². The molecule has 0 saturated heterocycles. The van der Waals surface area contributed by atoms with Gasteiger partial charge in [-0.25, -0.2) is 15.0 Å². The molecule has 4 nitrogen and oxygen atoms in total. The summed E-state index contributed by atoms with van der Waals surface area (Å²) in [6.45, 7) is 0. The van der Waals surface area contributed by atoms with Crippen molar-refractivity contribution >= 4 is 43.6 Å². The van der Waals surface area contributed by atoms with Crippen LogP contribution in [0.15, 0.2) is 229 Å². The first-order valence-corrected chi connectivity index (χ1v) is 21.3. The van der Waals surface area contributed by atoms with Gasteiger partial charge in [-0.2, -0.15) is 0 Å². The number of rotatable bonds is 7. The lowest BCUT2D eigenvalue weighted by molar-refractivity contribution is 0.669. The molecule has 0 amide bonds. The van der Waals surface area contributed by atoms with E-state index in [9.17, 15) is 0 Å². The minimum absolute atomic E-state index is 0.671. The zero-order valence-corrected chi connectivity index (χ0v) is 34.1. The average Bonchev–Trinajstić information content (AvgIpc) is 3.74. The Labute approximate surface area is 364 Å². The molecule has 0 atom stereocenters. The number of furan rings is 1. The molecule has 0 aliphatic rings. The monoisotopic (exact) mass is 803 g/mol. The molecule has 9 aromatic carbocycles. The third kappa shape index (κ3) is 6.53. The van der Waals surface area contributed by atoms with Crippen molar-refractivity contribution in [3.8, 4) is 78.5 Å². The van der Waals surface area contributed by atoms with E-state index in [1.807, 2.05) is 24.3 Å². The Hall–Kier alpha value is -8.47. The van der Waals surface area contributed by atoms with Crippen molar-refractivity contribution in [1.29, 1.82) is 0 Å². The van der Waals surface area contributed by atoms with E-state index in [2.05, 4.69) is 200 Å². The van der Waals surface area contributed by atoms with Crippen LogP contribution in [-0.2, 0) is 0 Å². The molecule has 0 saturated carbocycles. The molecule has 4 heteroatoms. The van der Waals surface area contributed by atoms with Gasteiger partial charge in [-0.3, -0.25) is 0 Å². The minimum Gasteiger partial charge on any atom is -0.456 e. The SMILES string of the molecule is c1ccc(-c2ccc(-c3cc(-c4ccccc4)nc(-c4cccc(-c5cccc(-c6c7c(cc8c(-c9ccccc9)nc9ccccc9c68)oc6ccccc67)c5)c4)n3)cc2)cc1. The molecule has 0 bridgehead atoms. The fourth-order valence-electron chi connectivity index (χ4n) is 9.06. The number of fused-ring (bicyclic) bond motifs is 6. The van der Waals surface area contributed by atoms with Crippen LogP contribution in [0.25, 0.3) is 122 Å². The van der Waals surface area contributed by atoms with Gasteiger partial charge >= 0.3 is 0 Å². The second-order valence-electron chi connectivity index (χ2n) is 15.9. The molecule has 63 heavy (non-hydrogen) atoms. The predicted molar refractivity (Wildman–Crippen MR) is 260 cm³/mol. The van der Waals surface area contributed by atoms with Crippen molar-refractivity contribution in [3.05, 3.63) is 224 Å². The fourth-order valence-corrected chi connectivity index (χ4v) is 9.06. The normalized spacial score (nSPS) is 11.5. The predicted octanol–water partition coefficient (Wildman–Crippen LogP) is 15.7. The molecule has 0 N–H and O–H groups in total. The number of benzene rings is 9. The van der Waals surface area contributed by atoms with Gasteiger partial charge in [0, 0.05) is 54.7 Å². The number of nitrogens with zero attached hydrogens (tertiary/aromatic N) is 3. The van der Waals surface area contributed by atoms with Gasteiger partial charge in [0.05, 0.1) is 22.6 Å². The molecule has 12 aromatic rings. The molecule has 0 unspecified atom stereocenters. The molecule has 3 aromatic heterocycles. The first-order chi connectivity index (χ1) is 31.2. The van der Waals surface area contributed by atoms with E-state index in [1.54, 1.807) is 0 Å². The highest BCUT2D eigenvalue weighted by Gasteiger charge is 2.22.